The predicted octanol–water partition coefficient (Wildman–Crippen LogP) is 2.66. The van der Waals surface area contributed by atoms with Crippen molar-refractivity contribution in [3.63, 3.8) is 0 Å². The average Bonchev–Trinajstić information content (AvgIpc) is 2.62. The smallest absolute Gasteiger partial charge is 0.213 e. The molecule has 1 aliphatic heterocycles. The highest BCUT2D eigenvalue weighted by Gasteiger charge is 2.26. The zero-order valence-corrected chi connectivity index (χ0v) is 13.9. The van der Waals surface area contributed by atoms with Gasteiger partial charge in [-0.3, -0.25) is 0 Å². The molecule has 1 saturated heterocycles. The van der Waals surface area contributed by atoms with E-state index >= 15 is 0 Å². The Balaban J connectivity index is 1.43. The average molecular weight is 319 g/mol. The molecule has 5 nitrogen and oxygen atoms in total. The van der Waals surface area contributed by atoms with Crippen molar-refractivity contribution in [2.75, 3.05) is 31.6 Å². The summed E-state index contributed by atoms with van der Waals surface area (Å²) in [7, 11) is 0. The molecule has 0 radical (unpaired) electrons. The van der Waals surface area contributed by atoms with Gasteiger partial charge in [0.1, 0.15) is 6.61 Å². The summed E-state index contributed by atoms with van der Waals surface area (Å²) in [5.74, 6) is 0.566. The first-order valence-corrected chi connectivity index (χ1v) is 9.05. The molecule has 128 valence electrons. The fourth-order valence-corrected chi connectivity index (χ4v) is 3.79. The van der Waals surface area contributed by atoms with Crippen LogP contribution in [0.3, 0.4) is 0 Å². The van der Waals surface area contributed by atoms with Gasteiger partial charge in [0.15, 0.2) is 0 Å². The van der Waals surface area contributed by atoms with E-state index < -0.39 is 0 Å². The van der Waals surface area contributed by atoms with Gasteiger partial charge < -0.3 is 20.1 Å². The second kappa shape index (κ2) is 8.50. The summed E-state index contributed by atoms with van der Waals surface area (Å²) in [5, 5.41) is 12.3. The van der Waals surface area contributed by atoms with Crippen LogP contribution in [0.25, 0.3) is 0 Å². The first-order valence-electron chi connectivity index (χ1n) is 9.05. The van der Waals surface area contributed by atoms with Gasteiger partial charge in [-0.05, 0) is 31.7 Å². The molecule has 0 bridgehead atoms. The Morgan fingerprint density at radius 3 is 2.57 bits per heavy atom. The molecule has 2 aliphatic rings. The molecule has 1 aliphatic carbocycles. The van der Waals surface area contributed by atoms with Gasteiger partial charge in [0.2, 0.25) is 5.88 Å². The first-order chi connectivity index (χ1) is 11.3. The number of hydrogen-bond acceptors (Lipinski definition) is 5. The molecule has 0 amide bonds. The highest BCUT2D eigenvalue weighted by molar-refractivity contribution is 5.43. The lowest BCUT2D eigenvalue weighted by Gasteiger charge is -2.39. The van der Waals surface area contributed by atoms with Crippen LogP contribution in [0.2, 0.25) is 0 Å². The number of aromatic nitrogens is 1. The van der Waals surface area contributed by atoms with Crippen LogP contribution < -0.4 is 10.1 Å². The molecule has 0 atom stereocenters. The summed E-state index contributed by atoms with van der Waals surface area (Å²) >= 11 is 0. The van der Waals surface area contributed by atoms with Crippen molar-refractivity contribution in [1.82, 2.24) is 9.88 Å². The lowest BCUT2D eigenvalue weighted by Crippen LogP contribution is -2.45. The third kappa shape index (κ3) is 4.82. The summed E-state index contributed by atoms with van der Waals surface area (Å²) in [5.41, 5.74) is 1.05. The lowest BCUT2D eigenvalue weighted by molar-refractivity contribution is 0.126. The maximum absolute atomic E-state index is 8.74. The van der Waals surface area contributed by atoms with Gasteiger partial charge in [-0.25, -0.2) is 4.98 Å². The standard InChI is InChI=1S/C18H29N3O2/c22-12-13-23-18-7-6-16(14-19-18)20-15-8-10-21(11-9-15)17-4-2-1-3-5-17/h6-7,14-15,17,20,22H,1-5,8-13H2. The molecule has 0 unspecified atom stereocenters. The molecule has 2 heterocycles. The molecule has 5 heteroatoms. The molecule has 1 aromatic rings. The van der Waals surface area contributed by atoms with Crippen molar-refractivity contribution < 1.29 is 9.84 Å². The number of pyridine rings is 1. The number of piperidine rings is 1. The summed E-state index contributed by atoms with van der Waals surface area (Å²) in [6.45, 7) is 2.74. The summed E-state index contributed by atoms with van der Waals surface area (Å²) < 4.78 is 5.29. The Bertz CT molecular complexity index is 452. The van der Waals surface area contributed by atoms with Gasteiger partial charge in [-0.15, -0.1) is 0 Å². The molecule has 1 aromatic heterocycles. The van der Waals surface area contributed by atoms with Crippen molar-refractivity contribution in [3.8, 4) is 5.88 Å². The normalized spacial score (nSPS) is 21.3. The van der Waals surface area contributed by atoms with Crippen molar-refractivity contribution >= 4 is 5.69 Å². The highest BCUT2D eigenvalue weighted by atomic mass is 16.5. The number of anilines is 1. The Kier molecular flexibility index (Phi) is 6.11. The lowest BCUT2D eigenvalue weighted by atomic mass is 9.92. The Labute approximate surface area is 139 Å². The van der Waals surface area contributed by atoms with Crippen LogP contribution >= 0.6 is 0 Å². The van der Waals surface area contributed by atoms with Crippen LogP contribution in [0, 0.1) is 0 Å². The van der Waals surface area contributed by atoms with Gasteiger partial charge in [-0.1, -0.05) is 19.3 Å². The number of aliphatic hydroxyl groups excluding tert-OH is 1. The van der Waals surface area contributed by atoms with E-state index in [2.05, 4.69) is 15.2 Å². The van der Waals surface area contributed by atoms with Gasteiger partial charge in [0, 0.05) is 31.2 Å². The van der Waals surface area contributed by atoms with Crippen LogP contribution in [0.5, 0.6) is 5.88 Å². The SMILES string of the molecule is OCCOc1ccc(NC2CCN(C3CCCCC3)CC2)cn1. The monoisotopic (exact) mass is 319 g/mol. The van der Waals surface area contributed by atoms with E-state index in [0.717, 1.165) is 11.7 Å². The molecule has 1 saturated carbocycles. The minimum Gasteiger partial charge on any atom is -0.475 e. The van der Waals surface area contributed by atoms with Crippen LogP contribution in [0.15, 0.2) is 18.3 Å². The first kappa shape index (κ1) is 16.5. The number of likely N-dealkylation sites (tertiary alicyclic amines) is 1. The fraction of sp³-hybridized carbons (Fsp3) is 0.722. The van der Waals surface area contributed by atoms with Crippen molar-refractivity contribution in [2.45, 2.75) is 57.0 Å². The van der Waals surface area contributed by atoms with E-state index in [4.69, 9.17) is 9.84 Å². The number of nitrogens with one attached hydrogen (secondary N) is 1. The number of hydrogen-bond donors (Lipinski definition) is 2. The zero-order valence-electron chi connectivity index (χ0n) is 13.9. The van der Waals surface area contributed by atoms with E-state index in [0.29, 0.717) is 18.5 Å². The second-order valence-electron chi connectivity index (χ2n) is 6.70. The number of ether oxygens (including phenoxy) is 1. The molecular weight excluding hydrogens is 290 g/mol. The maximum Gasteiger partial charge on any atom is 0.213 e. The predicted molar refractivity (Wildman–Crippen MR) is 91.9 cm³/mol. The Morgan fingerprint density at radius 1 is 1.13 bits per heavy atom. The maximum atomic E-state index is 8.74. The number of aliphatic hydroxyl groups is 1. The van der Waals surface area contributed by atoms with E-state index in [1.807, 2.05) is 18.3 Å². The third-order valence-electron chi connectivity index (χ3n) is 5.07. The molecule has 2 N–H and O–H groups in total. The molecular formula is C18H29N3O2. The molecule has 0 spiro atoms. The van der Waals surface area contributed by atoms with Crippen molar-refractivity contribution in [3.05, 3.63) is 18.3 Å². The van der Waals surface area contributed by atoms with Crippen molar-refractivity contribution in [1.29, 1.82) is 0 Å². The minimum atomic E-state index is 0.0151. The summed E-state index contributed by atoms with van der Waals surface area (Å²) in [6, 6.07) is 5.25. The molecule has 0 aromatic carbocycles. The van der Waals surface area contributed by atoms with Crippen LogP contribution in [0.1, 0.15) is 44.9 Å². The molecule has 3 rings (SSSR count). The number of rotatable bonds is 6. The molecule has 23 heavy (non-hydrogen) atoms. The van der Waals surface area contributed by atoms with E-state index in [1.54, 1.807) is 0 Å². The fourth-order valence-electron chi connectivity index (χ4n) is 3.79. The topological polar surface area (TPSA) is 57.6 Å². The Hall–Kier alpha value is -1.33. The van der Waals surface area contributed by atoms with Crippen molar-refractivity contribution in [2.24, 2.45) is 0 Å². The quantitative estimate of drug-likeness (QED) is 0.844. The van der Waals surface area contributed by atoms with Crippen LogP contribution in [0.4, 0.5) is 5.69 Å². The zero-order chi connectivity index (χ0) is 15.9. The largest absolute Gasteiger partial charge is 0.475 e. The van der Waals surface area contributed by atoms with E-state index in [1.165, 1.54) is 58.0 Å². The van der Waals surface area contributed by atoms with E-state index in [-0.39, 0.29) is 6.61 Å². The van der Waals surface area contributed by atoms with Gasteiger partial charge >= 0.3 is 0 Å². The number of nitrogens with zero attached hydrogens (tertiary/aromatic N) is 2. The molecule has 2 fully saturated rings. The second-order valence-corrected chi connectivity index (χ2v) is 6.70. The van der Waals surface area contributed by atoms with E-state index in [9.17, 15) is 0 Å². The van der Waals surface area contributed by atoms with Crippen LogP contribution in [-0.2, 0) is 0 Å². The van der Waals surface area contributed by atoms with Gasteiger partial charge in [0.25, 0.3) is 0 Å². The summed E-state index contributed by atoms with van der Waals surface area (Å²) in [4.78, 5) is 6.97. The van der Waals surface area contributed by atoms with Crippen LogP contribution in [-0.4, -0.2) is 53.4 Å². The summed E-state index contributed by atoms with van der Waals surface area (Å²) in [6.07, 6.45) is 11.3. The Morgan fingerprint density at radius 2 is 1.91 bits per heavy atom. The third-order valence-corrected chi connectivity index (χ3v) is 5.07. The van der Waals surface area contributed by atoms with Gasteiger partial charge in [-0.2, -0.15) is 0 Å². The minimum absolute atomic E-state index is 0.0151. The highest BCUT2D eigenvalue weighted by Crippen LogP contribution is 2.26. The van der Waals surface area contributed by atoms with Gasteiger partial charge in [0.05, 0.1) is 18.5 Å².